The van der Waals surface area contributed by atoms with Crippen LogP contribution in [0.15, 0.2) is 34.2 Å². The van der Waals surface area contributed by atoms with Crippen molar-refractivity contribution in [1.82, 2.24) is 15.2 Å². The van der Waals surface area contributed by atoms with Crippen LogP contribution in [-0.2, 0) is 5.41 Å². The predicted octanol–water partition coefficient (Wildman–Crippen LogP) is 2.22. The van der Waals surface area contributed by atoms with Crippen molar-refractivity contribution in [3.8, 4) is 0 Å². The molecule has 0 amide bonds. The monoisotopic (exact) mass is 285 g/mol. The van der Waals surface area contributed by atoms with Crippen LogP contribution in [0.25, 0.3) is 0 Å². The highest BCUT2D eigenvalue weighted by molar-refractivity contribution is 5.80. The smallest absolute Gasteiger partial charge is 0.260 e. The van der Waals surface area contributed by atoms with Gasteiger partial charge < -0.3 is 0 Å². The number of rotatable bonds is 3. The lowest BCUT2D eigenvalue weighted by Crippen LogP contribution is -2.24. The fourth-order valence-electron chi connectivity index (χ4n) is 1.76. The van der Waals surface area contributed by atoms with E-state index < -0.39 is 5.69 Å². The van der Waals surface area contributed by atoms with Crippen molar-refractivity contribution >= 4 is 12.0 Å². The van der Waals surface area contributed by atoms with Crippen molar-refractivity contribution in [2.75, 3.05) is 5.43 Å². The quantitative estimate of drug-likeness (QED) is 0.669. The van der Waals surface area contributed by atoms with Crippen LogP contribution in [0.4, 0.5) is 5.82 Å². The Morgan fingerprint density at radius 1 is 1.24 bits per heavy atom. The van der Waals surface area contributed by atoms with E-state index >= 15 is 0 Å². The van der Waals surface area contributed by atoms with E-state index in [-0.39, 0.29) is 5.41 Å². The molecule has 0 radical (unpaired) electrons. The molecule has 0 atom stereocenters. The summed E-state index contributed by atoms with van der Waals surface area (Å²) >= 11 is 0. The van der Waals surface area contributed by atoms with Crippen molar-refractivity contribution in [2.24, 2.45) is 5.10 Å². The molecule has 1 aromatic carbocycles. The van der Waals surface area contributed by atoms with Gasteiger partial charge in [0.25, 0.3) is 0 Å². The minimum absolute atomic E-state index is 0.251. The largest absolute Gasteiger partial charge is 0.363 e. The summed E-state index contributed by atoms with van der Waals surface area (Å²) in [5.74, 6) is 0.370. The normalized spacial score (nSPS) is 11.8. The van der Waals surface area contributed by atoms with Gasteiger partial charge in [0, 0.05) is 5.41 Å². The topological polar surface area (TPSA) is 83.0 Å². The van der Waals surface area contributed by atoms with Crippen LogP contribution in [0.1, 0.15) is 37.6 Å². The zero-order valence-electron chi connectivity index (χ0n) is 12.6. The average Bonchev–Trinajstić information content (AvgIpc) is 2.40. The number of aromatic amines is 1. The second-order valence-electron chi connectivity index (χ2n) is 5.87. The number of hydrogen-bond donors (Lipinski definition) is 2. The summed E-state index contributed by atoms with van der Waals surface area (Å²) < 4.78 is 0. The highest BCUT2D eigenvalue weighted by atomic mass is 16.1. The summed E-state index contributed by atoms with van der Waals surface area (Å²) in [4.78, 5) is 15.2. The lowest BCUT2D eigenvalue weighted by atomic mass is 9.92. The first kappa shape index (κ1) is 14.9. The van der Waals surface area contributed by atoms with Gasteiger partial charge in [0.2, 0.25) is 0 Å². The predicted molar refractivity (Wildman–Crippen MR) is 83.7 cm³/mol. The Morgan fingerprint density at radius 2 is 1.90 bits per heavy atom. The number of benzene rings is 1. The van der Waals surface area contributed by atoms with Crippen molar-refractivity contribution in [3.63, 3.8) is 0 Å². The van der Waals surface area contributed by atoms with Crippen molar-refractivity contribution in [1.29, 1.82) is 0 Å². The van der Waals surface area contributed by atoms with Crippen LogP contribution in [0.2, 0.25) is 0 Å². The molecule has 0 spiro atoms. The number of anilines is 1. The fraction of sp³-hybridized carbons (Fsp3) is 0.333. The maximum absolute atomic E-state index is 11.3. The molecule has 2 aromatic rings. The van der Waals surface area contributed by atoms with Crippen LogP contribution >= 0.6 is 0 Å². The zero-order chi connectivity index (χ0) is 15.5. The van der Waals surface area contributed by atoms with Crippen LogP contribution in [0.3, 0.4) is 0 Å². The van der Waals surface area contributed by atoms with Gasteiger partial charge in [-0.2, -0.15) is 15.2 Å². The van der Waals surface area contributed by atoms with E-state index in [1.54, 1.807) is 6.21 Å². The molecule has 1 aromatic heterocycles. The second kappa shape index (κ2) is 5.87. The highest BCUT2D eigenvalue weighted by Crippen LogP contribution is 2.24. The Hall–Kier alpha value is -2.50. The van der Waals surface area contributed by atoms with Gasteiger partial charge in [-0.3, -0.25) is 5.43 Å². The molecule has 6 nitrogen and oxygen atoms in total. The van der Waals surface area contributed by atoms with Gasteiger partial charge in [-0.1, -0.05) is 50.6 Å². The third kappa shape index (κ3) is 3.98. The van der Waals surface area contributed by atoms with Gasteiger partial charge in [-0.05, 0) is 12.5 Å². The number of aromatic nitrogens is 3. The van der Waals surface area contributed by atoms with Gasteiger partial charge in [0.15, 0.2) is 5.82 Å². The van der Waals surface area contributed by atoms with Crippen LogP contribution < -0.4 is 11.1 Å². The molecule has 0 aliphatic rings. The molecular formula is C15H19N5O. The summed E-state index contributed by atoms with van der Waals surface area (Å²) in [5, 5.41) is 10.5. The third-order valence-corrected chi connectivity index (χ3v) is 2.87. The van der Waals surface area contributed by atoms with Crippen molar-refractivity contribution < 1.29 is 0 Å². The molecule has 0 fully saturated rings. The maximum atomic E-state index is 11.3. The van der Waals surface area contributed by atoms with Crippen LogP contribution in [0, 0.1) is 6.92 Å². The number of H-pyrrole nitrogens is 1. The Labute approximate surface area is 123 Å². The molecular weight excluding hydrogens is 266 g/mol. The maximum Gasteiger partial charge on any atom is 0.363 e. The summed E-state index contributed by atoms with van der Waals surface area (Å²) in [7, 11) is 0. The van der Waals surface area contributed by atoms with Crippen molar-refractivity contribution in [2.45, 2.75) is 33.1 Å². The fourth-order valence-corrected chi connectivity index (χ4v) is 1.76. The van der Waals surface area contributed by atoms with Gasteiger partial charge in [-0.15, -0.1) is 0 Å². The first-order valence-corrected chi connectivity index (χ1v) is 6.69. The summed E-state index contributed by atoms with van der Waals surface area (Å²) in [6.45, 7) is 8.00. The van der Waals surface area contributed by atoms with Crippen molar-refractivity contribution in [3.05, 3.63) is 51.6 Å². The van der Waals surface area contributed by atoms with Gasteiger partial charge in [0.05, 0.1) is 6.21 Å². The number of nitrogens with zero attached hydrogens (tertiary/aromatic N) is 3. The Morgan fingerprint density at radius 3 is 2.52 bits per heavy atom. The van der Waals surface area contributed by atoms with E-state index in [0.29, 0.717) is 11.5 Å². The van der Waals surface area contributed by atoms with E-state index in [1.807, 2.05) is 52.0 Å². The summed E-state index contributed by atoms with van der Waals surface area (Å²) in [5.41, 5.74) is 4.85. The lowest BCUT2D eigenvalue weighted by Gasteiger charge is -2.18. The standard InChI is InChI=1S/C15H19N5O/c1-10-5-7-11(8-6-10)9-16-19-13-12(15(2,3)4)18-20-14(21)17-13/h5-9H,1-4H3,(H2,17,19,20,21)/b16-9+. The average molecular weight is 285 g/mol. The van der Waals surface area contributed by atoms with Crippen LogP contribution in [-0.4, -0.2) is 21.4 Å². The Balaban J connectivity index is 2.21. The molecule has 0 bridgehead atoms. The molecule has 110 valence electrons. The van der Waals surface area contributed by atoms with E-state index in [9.17, 15) is 4.79 Å². The SMILES string of the molecule is Cc1ccc(/C=N/Nc2nc(=O)[nH]nc2C(C)(C)C)cc1. The molecule has 21 heavy (non-hydrogen) atoms. The molecule has 2 rings (SSSR count). The molecule has 0 saturated carbocycles. The summed E-state index contributed by atoms with van der Waals surface area (Å²) in [6.07, 6.45) is 1.68. The first-order chi connectivity index (χ1) is 9.86. The second-order valence-corrected chi connectivity index (χ2v) is 5.87. The van der Waals surface area contributed by atoms with E-state index in [2.05, 4.69) is 25.7 Å². The molecule has 0 aliphatic carbocycles. The Kier molecular flexibility index (Phi) is 4.16. The highest BCUT2D eigenvalue weighted by Gasteiger charge is 2.21. The molecule has 1 heterocycles. The third-order valence-electron chi connectivity index (χ3n) is 2.87. The zero-order valence-corrected chi connectivity index (χ0v) is 12.6. The molecule has 0 saturated heterocycles. The Bertz CT molecular complexity index is 695. The first-order valence-electron chi connectivity index (χ1n) is 6.69. The molecule has 0 unspecified atom stereocenters. The van der Waals surface area contributed by atoms with E-state index in [4.69, 9.17) is 0 Å². The van der Waals surface area contributed by atoms with Gasteiger partial charge in [-0.25, -0.2) is 9.89 Å². The number of nitrogens with one attached hydrogen (secondary N) is 2. The molecule has 2 N–H and O–H groups in total. The van der Waals surface area contributed by atoms with Gasteiger partial charge >= 0.3 is 5.69 Å². The minimum atomic E-state index is -0.504. The number of hydrogen-bond acceptors (Lipinski definition) is 5. The minimum Gasteiger partial charge on any atom is -0.260 e. The van der Waals surface area contributed by atoms with E-state index in [0.717, 1.165) is 5.56 Å². The van der Waals surface area contributed by atoms with Crippen LogP contribution in [0.5, 0.6) is 0 Å². The number of aryl methyl sites for hydroxylation is 1. The lowest BCUT2D eigenvalue weighted by molar-refractivity contribution is 0.553. The van der Waals surface area contributed by atoms with Gasteiger partial charge in [0.1, 0.15) is 5.69 Å². The summed E-state index contributed by atoms with van der Waals surface area (Å²) in [6, 6.07) is 7.95. The van der Waals surface area contributed by atoms with E-state index in [1.165, 1.54) is 5.56 Å². The molecule has 0 aliphatic heterocycles. The molecule has 6 heteroatoms. The number of hydrazone groups is 1.